The fourth-order valence-corrected chi connectivity index (χ4v) is 3.55. The van der Waals surface area contributed by atoms with Crippen LogP contribution in [-0.2, 0) is 0 Å². The van der Waals surface area contributed by atoms with Crippen LogP contribution < -0.4 is 5.32 Å². The lowest BCUT2D eigenvalue weighted by atomic mass is 9.95. The second-order valence-corrected chi connectivity index (χ2v) is 6.59. The number of thioether (sulfide) groups is 1. The molecular formula is C14H20ClNS. The second kappa shape index (κ2) is 6.12. The molecule has 94 valence electrons. The molecule has 1 aliphatic rings. The Morgan fingerprint density at radius 1 is 1.29 bits per heavy atom. The van der Waals surface area contributed by atoms with Crippen molar-refractivity contribution in [2.45, 2.75) is 32.4 Å². The van der Waals surface area contributed by atoms with Gasteiger partial charge in [-0.25, -0.2) is 0 Å². The van der Waals surface area contributed by atoms with Crippen LogP contribution in [0.3, 0.4) is 0 Å². The maximum atomic E-state index is 5.94. The van der Waals surface area contributed by atoms with Crippen LogP contribution in [-0.4, -0.2) is 17.5 Å². The molecule has 2 unspecified atom stereocenters. The lowest BCUT2D eigenvalue weighted by Gasteiger charge is -2.26. The molecule has 17 heavy (non-hydrogen) atoms. The summed E-state index contributed by atoms with van der Waals surface area (Å²) in [5.74, 6) is 3.14. The molecule has 1 aromatic carbocycles. The summed E-state index contributed by atoms with van der Waals surface area (Å²) < 4.78 is 0. The van der Waals surface area contributed by atoms with Crippen LogP contribution in [0.5, 0.6) is 0 Å². The van der Waals surface area contributed by atoms with Gasteiger partial charge < -0.3 is 5.32 Å². The van der Waals surface area contributed by atoms with Crippen LogP contribution in [0.4, 0.5) is 0 Å². The smallest absolute Gasteiger partial charge is 0.0406 e. The van der Waals surface area contributed by atoms with Gasteiger partial charge in [-0.05, 0) is 35.8 Å². The van der Waals surface area contributed by atoms with Gasteiger partial charge in [0.05, 0.1) is 0 Å². The molecule has 1 aliphatic heterocycles. The molecule has 0 bridgehead atoms. The lowest BCUT2D eigenvalue weighted by Crippen LogP contribution is -2.35. The van der Waals surface area contributed by atoms with Crippen molar-refractivity contribution >= 4 is 23.4 Å². The minimum absolute atomic E-state index is 0.441. The van der Waals surface area contributed by atoms with Crippen molar-refractivity contribution in [2.75, 3.05) is 11.5 Å². The zero-order valence-corrected chi connectivity index (χ0v) is 12.0. The van der Waals surface area contributed by atoms with Crippen LogP contribution >= 0.6 is 23.4 Å². The third-order valence-corrected chi connectivity index (χ3v) is 4.66. The third-order valence-electron chi connectivity index (χ3n) is 3.24. The Morgan fingerprint density at radius 3 is 2.53 bits per heavy atom. The van der Waals surface area contributed by atoms with Crippen molar-refractivity contribution < 1.29 is 0 Å². The Kier molecular flexibility index (Phi) is 4.78. The molecule has 3 heteroatoms. The average Bonchev–Trinajstić information content (AvgIpc) is 2.80. The molecular weight excluding hydrogens is 250 g/mol. The maximum Gasteiger partial charge on any atom is 0.0406 e. The van der Waals surface area contributed by atoms with Gasteiger partial charge in [0.25, 0.3) is 0 Å². The highest BCUT2D eigenvalue weighted by Crippen LogP contribution is 2.27. The van der Waals surface area contributed by atoms with Crippen LogP contribution in [0.25, 0.3) is 0 Å². The number of rotatable bonds is 4. The van der Waals surface area contributed by atoms with Gasteiger partial charge in [-0.1, -0.05) is 37.6 Å². The summed E-state index contributed by atoms with van der Waals surface area (Å²) >= 11 is 7.99. The lowest BCUT2D eigenvalue weighted by molar-refractivity contribution is 0.373. The molecule has 1 aromatic rings. The zero-order valence-electron chi connectivity index (χ0n) is 10.4. The molecule has 0 spiro atoms. The van der Waals surface area contributed by atoms with Crippen molar-refractivity contribution in [3.8, 4) is 0 Å². The van der Waals surface area contributed by atoms with E-state index in [1.165, 1.54) is 23.5 Å². The fraction of sp³-hybridized carbons (Fsp3) is 0.571. The predicted octanol–water partition coefficient (Wildman–Crippen LogP) is 4.13. The second-order valence-electron chi connectivity index (χ2n) is 5.00. The van der Waals surface area contributed by atoms with Gasteiger partial charge >= 0.3 is 0 Å². The highest BCUT2D eigenvalue weighted by molar-refractivity contribution is 7.99. The Morgan fingerprint density at radius 2 is 2.00 bits per heavy atom. The third kappa shape index (κ3) is 3.64. The van der Waals surface area contributed by atoms with Gasteiger partial charge in [0.2, 0.25) is 0 Å². The largest absolute Gasteiger partial charge is 0.306 e. The molecule has 1 nitrogen and oxygen atoms in total. The first-order chi connectivity index (χ1) is 8.16. The molecule has 0 aliphatic carbocycles. The Labute approximate surface area is 113 Å². The standard InChI is InChI=1S/C14H20ClNS/c1-10(2)14(16-13-7-8-17-9-13)11-3-5-12(15)6-4-11/h3-6,10,13-14,16H,7-9H2,1-2H3. The van der Waals surface area contributed by atoms with E-state index in [9.17, 15) is 0 Å². The van der Waals surface area contributed by atoms with E-state index in [0.717, 1.165) is 5.02 Å². The minimum Gasteiger partial charge on any atom is -0.306 e. The van der Waals surface area contributed by atoms with E-state index in [-0.39, 0.29) is 0 Å². The number of hydrogen-bond acceptors (Lipinski definition) is 2. The molecule has 1 N–H and O–H groups in total. The van der Waals surface area contributed by atoms with E-state index in [1.807, 2.05) is 23.9 Å². The van der Waals surface area contributed by atoms with E-state index in [2.05, 4.69) is 31.3 Å². The SMILES string of the molecule is CC(C)C(NC1CCSC1)c1ccc(Cl)cc1. The Hall–Kier alpha value is -0.180. The number of halogens is 1. The Balaban J connectivity index is 2.08. The topological polar surface area (TPSA) is 12.0 Å². The molecule has 0 radical (unpaired) electrons. The molecule has 0 amide bonds. The molecule has 1 fully saturated rings. The van der Waals surface area contributed by atoms with Gasteiger partial charge in [-0.3, -0.25) is 0 Å². The number of nitrogens with one attached hydrogen (secondary N) is 1. The molecule has 1 heterocycles. The summed E-state index contributed by atoms with van der Waals surface area (Å²) in [6.07, 6.45) is 1.29. The average molecular weight is 270 g/mol. The van der Waals surface area contributed by atoms with E-state index in [4.69, 9.17) is 11.6 Å². The quantitative estimate of drug-likeness (QED) is 0.882. The summed E-state index contributed by atoms with van der Waals surface area (Å²) in [5, 5.41) is 4.60. The van der Waals surface area contributed by atoms with Gasteiger partial charge in [-0.2, -0.15) is 11.8 Å². The molecule has 2 rings (SSSR count). The highest BCUT2D eigenvalue weighted by Gasteiger charge is 2.22. The first-order valence-electron chi connectivity index (χ1n) is 6.26. The summed E-state index contributed by atoms with van der Waals surface area (Å²) in [5.41, 5.74) is 1.35. The van der Waals surface area contributed by atoms with Gasteiger partial charge in [0, 0.05) is 22.9 Å². The predicted molar refractivity (Wildman–Crippen MR) is 77.9 cm³/mol. The highest BCUT2D eigenvalue weighted by atomic mass is 35.5. The van der Waals surface area contributed by atoms with Crippen molar-refractivity contribution in [1.29, 1.82) is 0 Å². The van der Waals surface area contributed by atoms with Crippen molar-refractivity contribution in [1.82, 2.24) is 5.32 Å². The van der Waals surface area contributed by atoms with Crippen LogP contribution in [0.15, 0.2) is 24.3 Å². The molecule has 0 saturated carbocycles. The molecule has 2 atom stereocenters. The van der Waals surface area contributed by atoms with Crippen LogP contribution in [0.1, 0.15) is 31.9 Å². The van der Waals surface area contributed by atoms with Gasteiger partial charge in [0.1, 0.15) is 0 Å². The zero-order chi connectivity index (χ0) is 12.3. The van der Waals surface area contributed by atoms with Crippen LogP contribution in [0, 0.1) is 5.92 Å². The van der Waals surface area contributed by atoms with Crippen LogP contribution in [0.2, 0.25) is 5.02 Å². The number of hydrogen-bond donors (Lipinski definition) is 1. The molecule has 0 aromatic heterocycles. The van der Waals surface area contributed by atoms with E-state index >= 15 is 0 Å². The fourth-order valence-electron chi connectivity index (χ4n) is 2.26. The minimum atomic E-state index is 0.441. The van der Waals surface area contributed by atoms with E-state index in [0.29, 0.717) is 18.0 Å². The Bertz CT molecular complexity index is 344. The van der Waals surface area contributed by atoms with E-state index in [1.54, 1.807) is 0 Å². The van der Waals surface area contributed by atoms with Crippen molar-refractivity contribution in [3.63, 3.8) is 0 Å². The van der Waals surface area contributed by atoms with Crippen molar-refractivity contribution in [3.05, 3.63) is 34.9 Å². The summed E-state index contributed by atoms with van der Waals surface area (Å²) in [7, 11) is 0. The van der Waals surface area contributed by atoms with Crippen molar-refractivity contribution in [2.24, 2.45) is 5.92 Å². The van der Waals surface area contributed by atoms with Gasteiger partial charge in [-0.15, -0.1) is 0 Å². The van der Waals surface area contributed by atoms with E-state index < -0.39 is 0 Å². The molecule has 1 saturated heterocycles. The summed E-state index contributed by atoms with van der Waals surface area (Å²) in [4.78, 5) is 0. The van der Waals surface area contributed by atoms with Gasteiger partial charge in [0.15, 0.2) is 0 Å². The number of benzene rings is 1. The summed E-state index contributed by atoms with van der Waals surface area (Å²) in [6, 6.07) is 9.36. The normalized spacial score (nSPS) is 22.0. The first-order valence-corrected chi connectivity index (χ1v) is 7.79. The summed E-state index contributed by atoms with van der Waals surface area (Å²) in [6.45, 7) is 4.54. The maximum absolute atomic E-state index is 5.94. The monoisotopic (exact) mass is 269 g/mol. The first kappa shape index (κ1) is 13.3.